The average molecular weight is 330 g/mol. The van der Waals surface area contributed by atoms with Crippen LogP contribution in [0, 0.1) is 6.92 Å². The van der Waals surface area contributed by atoms with Crippen LogP contribution in [-0.4, -0.2) is 18.9 Å². The van der Waals surface area contributed by atoms with E-state index in [9.17, 15) is 21.6 Å². The molecule has 0 saturated heterocycles. The predicted octanol–water partition coefficient (Wildman–Crippen LogP) is 3.30. The number of alkyl halides is 3. The molecule has 0 aliphatic rings. The number of hydrogen-bond acceptors (Lipinski definition) is 4. The predicted molar refractivity (Wildman–Crippen MR) is 76.0 cm³/mol. The zero-order chi connectivity index (χ0) is 16.4. The van der Waals surface area contributed by atoms with Crippen molar-refractivity contribution in [3.63, 3.8) is 0 Å². The SMILES string of the molecule is Cc1cccnc1CNc1ccccc1S(=O)(=O)C(F)(F)F. The summed E-state index contributed by atoms with van der Waals surface area (Å²) in [5.74, 6) is 0. The molecule has 0 spiro atoms. The second kappa shape index (κ2) is 5.96. The summed E-state index contributed by atoms with van der Waals surface area (Å²) in [7, 11) is -5.40. The molecule has 1 N–H and O–H groups in total. The molecule has 0 amide bonds. The summed E-state index contributed by atoms with van der Waals surface area (Å²) in [5.41, 5.74) is -3.97. The van der Waals surface area contributed by atoms with E-state index in [1.54, 1.807) is 12.3 Å². The molecule has 1 aromatic carbocycles. The third-order valence-corrected chi connectivity index (χ3v) is 4.59. The number of para-hydroxylation sites is 1. The van der Waals surface area contributed by atoms with Gasteiger partial charge in [0, 0.05) is 6.20 Å². The van der Waals surface area contributed by atoms with Gasteiger partial charge in [0.05, 0.1) is 22.8 Å². The lowest BCUT2D eigenvalue weighted by Gasteiger charge is -2.14. The number of sulfone groups is 1. The van der Waals surface area contributed by atoms with Crippen molar-refractivity contribution in [1.29, 1.82) is 0 Å². The molecule has 22 heavy (non-hydrogen) atoms. The molecule has 4 nitrogen and oxygen atoms in total. The first-order valence-corrected chi connectivity index (χ1v) is 7.76. The second-order valence-electron chi connectivity index (χ2n) is 4.57. The summed E-state index contributed by atoms with van der Waals surface area (Å²) in [4.78, 5) is 3.30. The van der Waals surface area contributed by atoms with Gasteiger partial charge in [-0.05, 0) is 30.7 Å². The fourth-order valence-electron chi connectivity index (χ4n) is 1.85. The van der Waals surface area contributed by atoms with Gasteiger partial charge in [-0.25, -0.2) is 8.42 Å². The molecule has 118 valence electrons. The Morgan fingerprint density at radius 2 is 1.82 bits per heavy atom. The number of pyridine rings is 1. The number of benzene rings is 1. The fraction of sp³-hybridized carbons (Fsp3) is 0.214. The third kappa shape index (κ3) is 3.22. The Balaban J connectivity index is 2.33. The first-order valence-electron chi connectivity index (χ1n) is 6.28. The van der Waals surface area contributed by atoms with E-state index in [4.69, 9.17) is 0 Å². The van der Waals surface area contributed by atoms with Crippen molar-refractivity contribution in [3.05, 3.63) is 53.9 Å². The topological polar surface area (TPSA) is 59.1 Å². The van der Waals surface area contributed by atoms with Crippen LogP contribution in [0.1, 0.15) is 11.3 Å². The summed E-state index contributed by atoms with van der Waals surface area (Å²) in [5, 5.41) is 2.71. The molecular formula is C14H13F3N2O2S. The Hall–Kier alpha value is -2.09. The van der Waals surface area contributed by atoms with Crippen LogP contribution in [0.5, 0.6) is 0 Å². The van der Waals surface area contributed by atoms with E-state index in [1.807, 2.05) is 13.0 Å². The number of aryl methyl sites for hydroxylation is 1. The maximum absolute atomic E-state index is 12.7. The second-order valence-corrected chi connectivity index (χ2v) is 6.48. The van der Waals surface area contributed by atoms with E-state index in [1.165, 1.54) is 18.2 Å². The highest BCUT2D eigenvalue weighted by molar-refractivity contribution is 7.92. The van der Waals surface area contributed by atoms with E-state index in [2.05, 4.69) is 10.3 Å². The minimum atomic E-state index is -5.40. The molecule has 2 aromatic rings. The molecule has 0 radical (unpaired) electrons. The van der Waals surface area contributed by atoms with Crippen molar-refractivity contribution in [2.24, 2.45) is 0 Å². The van der Waals surface area contributed by atoms with Crippen molar-refractivity contribution in [3.8, 4) is 0 Å². The van der Waals surface area contributed by atoms with Crippen molar-refractivity contribution in [1.82, 2.24) is 4.98 Å². The highest BCUT2D eigenvalue weighted by atomic mass is 32.2. The Morgan fingerprint density at radius 3 is 2.45 bits per heavy atom. The number of halogens is 3. The lowest BCUT2D eigenvalue weighted by Crippen LogP contribution is -2.24. The lowest BCUT2D eigenvalue weighted by molar-refractivity contribution is -0.0435. The minimum Gasteiger partial charge on any atom is -0.378 e. The molecule has 0 aliphatic heterocycles. The van der Waals surface area contributed by atoms with Gasteiger partial charge in [0.25, 0.3) is 9.84 Å². The molecule has 0 unspecified atom stereocenters. The van der Waals surface area contributed by atoms with Crippen LogP contribution in [0.25, 0.3) is 0 Å². The van der Waals surface area contributed by atoms with Gasteiger partial charge >= 0.3 is 5.51 Å². The Labute approximate surface area is 125 Å². The van der Waals surface area contributed by atoms with E-state index < -0.39 is 20.2 Å². The molecule has 0 aliphatic carbocycles. The first kappa shape index (κ1) is 16.3. The van der Waals surface area contributed by atoms with Crippen LogP contribution in [-0.2, 0) is 16.4 Å². The summed E-state index contributed by atoms with van der Waals surface area (Å²) >= 11 is 0. The maximum atomic E-state index is 12.7. The smallest absolute Gasteiger partial charge is 0.378 e. The Morgan fingerprint density at radius 1 is 1.14 bits per heavy atom. The monoisotopic (exact) mass is 330 g/mol. The van der Waals surface area contributed by atoms with Crippen LogP contribution in [0.3, 0.4) is 0 Å². The molecule has 1 heterocycles. The van der Waals surface area contributed by atoms with Crippen LogP contribution >= 0.6 is 0 Å². The molecule has 0 fully saturated rings. The number of nitrogens with zero attached hydrogens (tertiary/aromatic N) is 1. The van der Waals surface area contributed by atoms with Crippen molar-refractivity contribution in [2.45, 2.75) is 23.9 Å². The summed E-state index contributed by atoms with van der Waals surface area (Å²) < 4.78 is 61.2. The van der Waals surface area contributed by atoms with Gasteiger partial charge in [-0.2, -0.15) is 13.2 Å². The molecule has 0 bridgehead atoms. The number of hydrogen-bond donors (Lipinski definition) is 1. The number of rotatable bonds is 4. The van der Waals surface area contributed by atoms with Crippen molar-refractivity contribution >= 4 is 15.5 Å². The van der Waals surface area contributed by atoms with Gasteiger partial charge in [0.2, 0.25) is 0 Å². The van der Waals surface area contributed by atoms with E-state index in [0.29, 0.717) is 5.69 Å². The van der Waals surface area contributed by atoms with Crippen LogP contribution in [0.4, 0.5) is 18.9 Å². The standard InChI is InChI=1S/C14H13F3N2O2S/c1-10-5-4-8-18-12(10)9-19-11-6-2-3-7-13(11)22(20,21)14(15,16)17/h2-8,19H,9H2,1H3. The third-order valence-electron chi connectivity index (χ3n) is 3.05. The molecule has 1 aromatic heterocycles. The van der Waals surface area contributed by atoms with Crippen LogP contribution in [0.2, 0.25) is 0 Å². The normalized spacial score (nSPS) is 12.2. The van der Waals surface area contributed by atoms with Gasteiger partial charge in [-0.3, -0.25) is 4.98 Å². The van der Waals surface area contributed by atoms with Crippen molar-refractivity contribution in [2.75, 3.05) is 5.32 Å². The van der Waals surface area contributed by atoms with Gasteiger partial charge in [0.15, 0.2) is 0 Å². The van der Waals surface area contributed by atoms with E-state index >= 15 is 0 Å². The van der Waals surface area contributed by atoms with Gasteiger partial charge in [0.1, 0.15) is 0 Å². The Bertz CT molecular complexity index is 774. The maximum Gasteiger partial charge on any atom is 0.501 e. The number of nitrogens with one attached hydrogen (secondary N) is 1. The highest BCUT2D eigenvalue weighted by Gasteiger charge is 2.47. The van der Waals surface area contributed by atoms with Crippen molar-refractivity contribution < 1.29 is 21.6 Å². The van der Waals surface area contributed by atoms with Crippen LogP contribution < -0.4 is 5.32 Å². The lowest BCUT2D eigenvalue weighted by atomic mass is 10.2. The van der Waals surface area contributed by atoms with Crippen LogP contribution in [0.15, 0.2) is 47.5 Å². The van der Waals surface area contributed by atoms with Gasteiger partial charge in [-0.15, -0.1) is 0 Å². The molecule has 0 atom stereocenters. The summed E-state index contributed by atoms with van der Waals surface area (Å²) in [6.07, 6.45) is 1.56. The largest absolute Gasteiger partial charge is 0.501 e. The molecule has 2 rings (SSSR count). The van der Waals surface area contributed by atoms with Gasteiger partial charge in [-0.1, -0.05) is 18.2 Å². The van der Waals surface area contributed by atoms with Gasteiger partial charge < -0.3 is 5.32 Å². The summed E-state index contributed by atoms with van der Waals surface area (Å²) in [6, 6.07) is 8.47. The fourth-order valence-corrected chi connectivity index (χ4v) is 2.79. The summed E-state index contributed by atoms with van der Waals surface area (Å²) in [6.45, 7) is 1.93. The molecule has 0 saturated carbocycles. The minimum absolute atomic E-state index is 0.107. The Kier molecular flexibility index (Phi) is 4.41. The van der Waals surface area contributed by atoms with E-state index in [0.717, 1.165) is 11.6 Å². The number of anilines is 1. The molecular weight excluding hydrogens is 317 g/mol. The highest BCUT2D eigenvalue weighted by Crippen LogP contribution is 2.34. The quantitative estimate of drug-likeness (QED) is 0.934. The number of aromatic nitrogens is 1. The zero-order valence-corrected chi connectivity index (χ0v) is 12.4. The average Bonchev–Trinajstić information content (AvgIpc) is 2.45. The first-order chi connectivity index (χ1) is 10.2. The van der Waals surface area contributed by atoms with E-state index in [-0.39, 0.29) is 12.2 Å². The molecule has 8 heteroatoms. The zero-order valence-electron chi connectivity index (χ0n) is 11.6.